The maximum absolute atomic E-state index is 11.5. The van der Waals surface area contributed by atoms with E-state index >= 15 is 0 Å². The third kappa shape index (κ3) is 2.82. The summed E-state index contributed by atoms with van der Waals surface area (Å²) in [5.74, 6) is 3.64. The molecule has 0 unspecified atom stereocenters. The van der Waals surface area contributed by atoms with Gasteiger partial charge in [-0.3, -0.25) is 4.79 Å². The number of fused-ring (bicyclic) bond motifs is 8. The number of carbonyl (C=O) groups is 1. The van der Waals surface area contributed by atoms with Gasteiger partial charge in [0.15, 0.2) is 0 Å². The topological polar surface area (TPSA) is 38.3 Å². The molecule has 1 aromatic rings. The van der Waals surface area contributed by atoms with Gasteiger partial charge in [0.25, 0.3) is 0 Å². The number of rotatable bonds is 1. The van der Waals surface area contributed by atoms with Gasteiger partial charge in [-0.15, -0.1) is 0 Å². The van der Waals surface area contributed by atoms with Crippen LogP contribution in [0, 0.1) is 34.5 Å². The third-order valence-corrected chi connectivity index (χ3v) is 10.9. The highest BCUT2D eigenvalue weighted by Crippen LogP contribution is 2.69. The van der Waals surface area contributed by atoms with Crippen LogP contribution in [-0.2, 0) is 9.53 Å². The highest BCUT2D eigenvalue weighted by molar-refractivity contribution is 5.66. The minimum atomic E-state index is -0.127. The Morgan fingerprint density at radius 3 is 2.75 bits per heavy atom. The van der Waals surface area contributed by atoms with Crippen LogP contribution in [0.5, 0.6) is 0 Å². The standard InChI is InChI=1S/C29H39NO2/c1-17-21-7-5-6-8-25(21)30-26-16-24-22-10-9-19-15-20(32-18(2)31)11-13-28(19,3)23(22)12-14-29(24,4)27(17)26/h5-9,17,20,22-24,26-27,30H,10-16H2,1-4H3/t17-,20+,22-,23+,24+,26-,27+,28+,29+/m1/s1. The zero-order valence-corrected chi connectivity index (χ0v) is 20.2. The zero-order chi connectivity index (χ0) is 22.3. The van der Waals surface area contributed by atoms with E-state index in [-0.39, 0.29) is 12.1 Å². The molecule has 1 heterocycles. The molecule has 0 saturated heterocycles. The Bertz CT molecular complexity index is 968. The van der Waals surface area contributed by atoms with Crippen LogP contribution >= 0.6 is 0 Å². The van der Waals surface area contributed by atoms with Crippen LogP contribution in [0.4, 0.5) is 5.69 Å². The normalized spacial score (nSPS) is 46.4. The van der Waals surface area contributed by atoms with E-state index in [2.05, 4.69) is 56.4 Å². The van der Waals surface area contributed by atoms with Crippen LogP contribution in [0.2, 0.25) is 0 Å². The maximum Gasteiger partial charge on any atom is 0.302 e. The van der Waals surface area contributed by atoms with Crippen molar-refractivity contribution in [2.24, 2.45) is 34.5 Å². The average molecular weight is 434 g/mol. The lowest BCUT2D eigenvalue weighted by Crippen LogP contribution is -2.51. The van der Waals surface area contributed by atoms with Crippen LogP contribution in [-0.4, -0.2) is 18.1 Å². The lowest BCUT2D eigenvalue weighted by atomic mass is 9.47. The fourth-order valence-electron chi connectivity index (χ4n) is 9.54. The van der Waals surface area contributed by atoms with Crippen LogP contribution < -0.4 is 5.32 Å². The summed E-state index contributed by atoms with van der Waals surface area (Å²) in [6.07, 6.45) is 11.1. The SMILES string of the molecule is CC(=O)O[C@H]1CC[C@@]2(C)C(=CC[C@H]3[C@@H]4C[C@H]5Nc6ccccc6[C@@H](C)[C@@H]5[C@@]4(C)CC[C@@H]32)C1. The predicted octanol–water partition coefficient (Wildman–Crippen LogP) is 6.70. The van der Waals surface area contributed by atoms with Crippen molar-refractivity contribution in [1.82, 2.24) is 0 Å². The molecular formula is C29H39NO2. The van der Waals surface area contributed by atoms with Gasteiger partial charge >= 0.3 is 5.97 Å². The van der Waals surface area contributed by atoms with E-state index in [0.29, 0.717) is 22.8 Å². The van der Waals surface area contributed by atoms with Crippen molar-refractivity contribution >= 4 is 11.7 Å². The summed E-state index contributed by atoms with van der Waals surface area (Å²) >= 11 is 0. The van der Waals surface area contributed by atoms with Crippen molar-refractivity contribution in [3.05, 3.63) is 41.5 Å². The number of anilines is 1. The largest absolute Gasteiger partial charge is 0.462 e. The number of carbonyl (C=O) groups excluding carboxylic acids is 1. The van der Waals surface area contributed by atoms with Gasteiger partial charge < -0.3 is 10.1 Å². The number of ether oxygens (including phenoxy) is 1. The van der Waals surface area contributed by atoms with Crippen molar-refractivity contribution in [3.8, 4) is 0 Å². The summed E-state index contributed by atoms with van der Waals surface area (Å²) in [7, 11) is 0. The first-order valence-electron chi connectivity index (χ1n) is 13.0. The lowest BCUT2D eigenvalue weighted by molar-refractivity contribution is -0.148. The van der Waals surface area contributed by atoms with Crippen molar-refractivity contribution < 1.29 is 9.53 Å². The molecule has 4 aliphatic carbocycles. The van der Waals surface area contributed by atoms with Crippen LogP contribution in [0.25, 0.3) is 0 Å². The fraction of sp³-hybridized carbons (Fsp3) is 0.690. The molecule has 3 nitrogen and oxygen atoms in total. The second kappa shape index (κ2) is 7.11. The average Bonchev–Trinajstić information content (AvgIpc) is 3.06. The monoisotopic (exact) mass is 433 g/mol. The molecule has 32 heavy (non-hydrogen) atoms. The van der Waals surface area contributed by atoms with E-state index in [1.165, 1.54) is 43.4 Å². The maximum atomic E-state index is 11.5. The minimum Gasteiger partial charge on any atom is -0.462 e. The van der Waals surface area contributed by atoms with E-state index in [4.69, 9.17) is 4.74 Å². The van der Waals surface area contributed by atoms with E-state index in [1.807, 2.05) is 0 Å². The van der Waals surface area contributed by atoms with Gasteiger partial charge in [0, 0.05) is 25.1 Å². The highest BCUT2D eigenvalue weighted by Gasteiger charge is 2.62. The second-order valence-electron chi connectivity index (χ2n) is 12.2. The molecule has 0 bridgehead atoms. The minimum absolute atomic E-state index is 0.0927. The molecule has 0 aromatic heterocycles. The Kier molecular flexibility index (Phi) is 4.63. The molecule has 0 spiro atoms. The smallest absolute Gasteiger partial charge is 0.302 e. The molecule has 1 N–H and O–H groups in total. The predicted molar refractivity (Wildman–Crippen MR) is 128 cm³/mol. The molecule has 3 heteroatoms. The van der Waals surface area contributed by atoms with Crippen molar-refractivity contribution in [3.63, 3.8) is 0 Å². The summed E-state index contributed by atoms with van der Waals surface area (Å²) in [6, 6.07) is 9.64. The molecule has 3 fully saturated rings. The van der Waals surface area contributed by atoms with E-state index in [0.717, 1.165) is 36.5 Å². The van der Waals surface area contributed by atoms with E-state index in [9.17, 15) is 4.79 Å². The Morgan fingerprint density at radius 2 is 1.94 bits per heavy atom. The third-order valence-electron chi connectivity index (χ3n) is 10.9. The highest BCUT2D eigenvalue weighted by atomic mass is 16.5. The van der Waals surface area contributed by atoms with Gasteiger partial charge in [0.2, 0.25) is 0 Å². The lowest BCUT2D eigenvalue weighted by Gasteiger charge is -2.58. The first kappa shape index (κ1) is 20.8. The molecule has 172 valence electrons. The summed E-state index contributed by atoms with van der Waals surface area (Å²) in [4.78, 5) is 11.5. The van der Waals surface area contributed by atoms with E-state index < -0.39 is 0 Å². The Labute approximate surface area is 193 Å². The Balaban J connectivity index is 1.30. The fourth-order valence-corrected chi connectivity index (χ4v) is 9.54. The molecule has 1 aliphatic heterocycles. The first-order chi connectivity index (χ1) is 15.3. The van der Waals surface area contributed by atoms with Gasteiger partial charge in [-0.2, -0.15) is 0 Å². The number of esters is 1. The van der Waals surface area contributed by atoms with Crippen LogP contribution in [0.15, 0.2) is 35.9 Å². The summed E-state index contributed by atoms with van der Waals surface area (Å²) in [6.45, 7) is 9.23. The summed E-state index contributed by atoms with van der Waals surface area (Å²) in [5.41, 5.74) is 5.23. The molecule has 3 saturated carbocycles. The van der Waals surface area contributed by atoms with Gasteiger partial charge in [-0.1, -0.05) is 50.6 Å². The van der Waals surface area contributed by atoms with Gasteiger partial charge in [0.1, 0.15) is 6.10 Å². The van der Waals surface area contributed by atoms with E-state index in [1.54, 1.807) is 12.5 Å². The number of para-hydroxylation sites is 1. The molecule has 6 rings (SSSR count). The number of allylic oxidation sites excluding steroid dienone is 1. The van der Waals surface area contributed by atoms with Gasteiger partial charge in [-0.05, 0) is 90.6 Å². The second-order valence-corrected chi connectivity index (χ2v) is 12.2. The quantitative estimate of drug-likeness (QED) is 0.395. The number of hydrogen-bond donors (Lipinski definition) is 1. The van der Waals surface area contributed by atoms with Crippen LogP contribution in [0.1, 0.15) is 84.1 Å². The summed E-state index contributed by atoms with van der Waals surface area (Å²) in [5, 5.41) is 3.99. The number of benzene rings is 1. The van der Waals surface area contributed by atoms with Gasteiger partial charge in [-0.25, -0.2) is 0 Å². The first-order valence-corrected chi connectivity index (χ1v) is 13.0. The number of hydrogen-bond acceptors (Lipinski definition) is 3. The Hall–Kier alpha value is -1.77. The molecule has 5 aliphatic rings. The molecule has 1 aromatic carbocycles. The zero-order valence-electron chi connectivity index (χ0n) is 20.2. The molecule has 0 amide bonds. The number of nitrogens with one attached hydrogen (secondary N) is 1. The van der Waals surface area contributed by atoms with Gasteiger partial charge in [0.05, 0.1) is 0 Å². The molecular weight excluding hydrogens is 394 g/mol. The van der Waals surface area contributed by atoms with Crippen molar-refractivity contribution in [2.45, 2.75) is 90.7 Å². The van der Waals surface area contributed by atoms with Crippen molar-refractivity contribution in [1.29, 1.82) is 0 Å². The Morgan fingerprint density at radius 1 is 1.12 bits per heavy atom. The molecule has 0 radical (unpaired) electrons. The van der Waals surface area contributed by atoms with Crippen LogP contribution in [0.3, 0.4) is 0 Å². The van der Waals surface area contributed by atoms with Crippen molar-refractivity contribution in [2.75, 3.05) is 5.32 Å². The summed E-state index contributed by atoms with van der Waals surface area (Å²) < 4.78 is 5.63. The molecule has 9 atom stereocenters.